The normalized spacial score (nSPS) is 20.8. The summed E-state index contributed by atoms with van der Waals surface area (Å²) in [5.74, 6) is 0.301. The predicted octanol–water partition coefficient (Wildman–Crippen LogP) is 1.78. The summed E-state index contributed by atoms with van der Waals surface area (Å²) in [6.45, 7) is 0. The molecule has 1 fully saturated rings. The van der Waals surface area contributed by atoms with Crippen molar-refractivity contribution in [1.29, 1.82) is 0 Å². The molecule has 1 atom stereocenters. The third kappa shape index (κ3) is 2.03. The number of rotatable bonds is 3. The maximum absolute atomic E-state index is 12.4. The van der Waals surface area contributed by atoms with Gasteiger partial charge in [-0.05, 0) is 23.3 Å². The number of hydrogen-bond acceptors (Lipinski definition) is 3. The van der Waals surface area contributed by atoms with Gasteiger partial charge in [0.05, 0.1) is 7.11 Å². The van der Waals surface area contributed by atoms with Crippen LogP contribution in [0.3, 0.4) is 0 Å². The Hall–Kier alpha value is -2.82. The van der Waals surface area contributed by atoms with E-state index in [9.17, 15) is 9.59 Å². The van der Waals surface area contributed by atoms with Crippen LogP contribution in [0.5, 0.6) is 5.75 Å². The summed E-state index contributed by atoms with van der Waals surface area (Å²) < 4.78 is 5.13. The predicted molar refractivity (Wildman–Crippen MR) is 76.9 cm³/mol. The van der Waals surface area contributed by atoms with E-state index in [1.54, 1.807) is 31.4 Å². The third-order valence-corrected chi connectivity index (χ3v) is 3.60. The second-order valence-corrected chi connectivity index (χ2v) is 4.75. The Morgan fingerprint density at radius 2 is 1.52 bits per heavy atom. The lowest BCUT2D eigenvalue weighted by Crippen LogP contribution is -2.44. The van der Waals surface area contributed by atoms with Gasteiger partial charge in [0.2, 0.25) is 0 Å². The summed E-state index contributed by atoms with van der Waals surface area (Å²) in [7, 11) is 1.58. The fourth-order valence-electron chi connectivity index (χ4n) is 2.56. The van der Waals surface area contributed by atoms with Gasteiger partial charge < -0.3 is 10.1 Å². The van der Waals surface area contributed by atoms with Gasteiger partial charge in [0.25, 0.3) is 5.91 Å². The van der Waals surface area contributed by atoms with E-state index in [4.69, 9.17) is 4.74 Å². The fraction of sp³-hybridized carbons (Fsp3) is 0.125. The molecular formula is C16H14N2O3. The first kappa shape index (κ1) is 13.2. The molecule has 0 radical (unpaired) electrons. The molecule has 1 heterocycles. The zero-order valence-corrected chi connectivity index (χ0v) is 11.4. The maximum atomic E-state index is 12.4. The van der Waals surface area contributed by atoms with Gasteiger partial charge in [-0.15, -0.1) is 0 Å². The summed E-state index contributed by atoms with van der Waals surface area (Å²) in [5.41, 5.74) is 0.182. The molecular weight excluding hydrogens is 268 g/mol. The highest BCUT2D eigenvalue weighted by Gasteiger charge is 2.49. The van der Waals surface area contributed by atoms with Crippen molar-refractivity contribution in [3.63, 3.8) is 0 Å². The topological polar surface area (TPSA) is 67.4 Å². The van der Waals surface area contributed by atoms with Crippen LogP contribution in [0.25, 0.3) is 0 Å². The van der Waals surface area contributed by atoms with Crippen LogP contribution < -0.4 is 15.4 Å². The summed E-state index contributed by atoms with van der Waals surface area (Å²) in [6.07, 6.45) is 0. The van der Waals surface area contributed by atoms with Crippen molar-refractivity contribution in [2.24, 2.45) is 0 Å². The second kappa shape index (κ2) is 4.94. The van der Waals surface area contributed by atoms with Crippen molar-refractivity contribution >= 4 is 11.9 Å². The Kier molecular flexibility index (Phi) is 3.10. The molecule has 106 valence electrons. The van der Waals surface area contributed by atoms with Crippen molar-refractivity contribution in [2.45, 2.75) is 5.54 Å². The number of amides is 3. The molecule has 1 saturated heterocycles. The van der Waals surface area contributed by atoms with Gasteiger partial charge in [-0.2, -0.15) is 0 Å². The van der Waals surface area contributed by atoms with Gasteiger partial charge in [-0.25, -0.2) is 4.79 Å². The molecule has 2 N–H and O–H groups in total. The highest BCUT2D eigenvalue weighted by molar-refractivity contribution is 6.09. The van der Waals surface area contributed by atoms with E-state index in [0.717, 1.165) is 0 Å². The Bertz CT molecular complexity index is 682. The fourth-order valence-corrected chi connectivity index (χ4v) is 2.56. The molecule has 21 heavy (non-hydrogen) atoms. The Labute approximate surface area is 121 Å². The Balaban J connectivity index is 2.17. The molecule has 0 saturated carbocycles. The summed E-state index contributed by atoms with van der Waals surface area (Å²) in [4.78, 5) is 24.1. The molecule has 2 aromatic rings. The van der Waals surface area contributed by atoms with E-state index >= 15 is 0 Å². The zero-order valence-electron chi connectivity index (χ0n) is 11.4. The smallest absolute Gasteiger partial charge is 0.322 e. The molecule has 0 spiro atoms. The third-order valence-electron chi connectivity index (χ3n) is 3.60. The minimum Gasteiger partial charge on any atom is -0.497 e. The molecule has 0 bridgehead atoms. The number of ether oxygens (including phenoxy) is 1. The molecule has 2 aromatic carbocycles. The van der Waals surface area contributed by atoms with Crippen LogP contribution >= 0.6 is 0 Å². The minimum atomic E-state index is -1.20. The van der Waals surface area contributed by atoms with Gasteiger partial charge >= 0.3 is 6.03 Å². The van der Waals surface area contributed by atoms with Crippen LogP contribution in [-0.4, -0.2) is 19.0 Å². The number of imide groups is 1. The van der Waals surface area contributed by atoms with Crippen LogP contribution in [0.2, 0.25) is 0 Å². The minimum absolute atomic E-state index is 0.385. The maximum Gasteiger partial charge on any atom is 0.322 e. The van der Waals surface area contributed by atoms with Crippen molar-refractivity contribution in [1.82, 2.24) is 10.6 Å². The molecule has 5 nitrogen and oxygen atoms in total. The molecule has 1 unspecified atom stereocenters. The van der Waals surface area contributed by atoms with E-state index in [1.807, 2.05) is 30.3 Å². The Morgan fingerprint density at radius 1 is 0.905 bits per heavy atom. The van der Waals surface area contributed by atoms with Crippen molar-refractivity contribution in [3.05, 3.63) is 65.7 Å². The van der Waals surface area contributed by atoms with Crippen LogP contribution in [-0.2, 0) is 10.3 Å². The first-order chi connectivity index (χ1) is 10.2. The van der Waals surface area contributed by atoms with Crippen LogP contribution in [0.15, 0.2) is 54.6 Å². The second-order valence-electron chi connectivity index (χ2n) is 4.75. The first-order valence-corrected chi connectivity index (χ1v) is 6.50. The molecule has 3 amide bonds. The summed E-state index contributed by atoms with van der Waals surface area (Å²) >= 11 is 0. The largest absolute Gasteiger partial charge is 0.497 e. The highest BCUT2D eigenvalue weighted by atomic mass is 16.5. The van der Waals surface area contributed by atoms with E-state index < -0.39 is 11.6 Å². The highest BCUT2D eigenvalue weighted by Crippen LogP contribution is 2.33. The monoisotopic (exact) mass is 282 g/mol. The number of nitrogens with one attached hydrogen (secondary N) is 2. The van der Waals surface area contributed by atoms with Crippen molar-refractivity contribution in [2.75, 3.05) is 7.11 Å². The van der Waals surface area contributed by atoms with Crippen LogP contribution in [0.1, 0.15) is 11.1 Å². The average Bonchev–Trinajstić information content (AvgIpc) is 2.84. The molecule has 1 aliphatic rings. The van der Waals surface area contributed by atoms with E-state index in [-0.39, 0.29) is 5.91 Å². The van der Waals surface area contributed by atoms with Gasteiger partial charge in [0.1, 0.15) is 5.75 Å². The molecule has 1 aliphatic heterocycles. The molecule has 0 aliphatic carbocycles. The van der Waals surface area contributed by atoms with Gasteiger partial charge in [0.15, 0.2) is 5.54 Å². The Morgan fingerprint density at radius 3 is 2.05 bits per heavy atom. The van der Waals surface area contributed by atoms with E-state index in [0.29, 0.717) is 16.9 Å². The number of hydrogen-bond donors (Lipinski definition) is 2. The van der Waals surface area contributed by atoms with E-state index in [1.165, 1.54) is 0 Å². The standard InChI is InChI=1S/C16H14N2O3/c1-21-13-9-7-12(8-10-13)16(11-5-3-2-4-6-11)14(19)17-15(20)18-16/h2-10H,1H3,(H2,17,18,19,20). The summed E-state index contributed by atoms with van der Waals surface area (Å²) in [5, 5.41) is 5.06. The lowest BCUT2D eigenvalue weighted by Gasteiger charge is -2.27. The van der Waals surface area contributed by atoms with E-state index in [2.05, 4.69) is 10.6 Å². The quantitative estimate of drug-likeness (QED) is 0.843. The first-order valence-electron chi connectivity index (χ1n) is 6.50. The summed E-state index contributed by atoms with van der Waals surface area (Å²) in [6, 6.07) is 15.7. The number of benzene rings is 2. The van der Waals surface area contributed by atoms with Gasteiger partial charge in [0, 0.05) is 0 Å². The van der Waals surface area contributed by atoms with Gasteiger partial charge in [-0.1, -0.05) is 42.5 Å². The number of methoxy groups -OCH3 is 1. The number of urea groups is 1. The average molecular weight is 282 g/mol. The SMILES string of the molecule is COc1ccc(C2(c3ccccc3)NC(=O)NC2=O)cc1. The zero-order chi connectivity index (χ0) is 14.9. The van der Waals surface area contributed by atoms with Crippen LogP contribution in [0.4, 0.5) is 4.79 Å². The number of carbonyl (C=O) groups excluding carboxylic acids is 2. The van der Waals surface area contributed by atoms with Crippen molar-refractivity contribution < 1.29 is 14.3 Å². The van der Waals surface area contributed by atoms with Crippen molar-refractivity contribution in [3.8, 4) is 5.75 Å². The lowest BCUT2D eigenvalue weighted by molar-refractivity contribution is -0.122. The molecule has 0 aromatic heterocycles. The number of carbonyl (C=O) groups is 2. The molecule has 3 rings (SSSR count). The van der Waals surface area contributed by atoms with Gasteiger partial charge in [-0.3, -0.25) is 10.1 Å². The molecule has 5 heteroatoms. The van der Waals surface area contributed by atoms with Crippen LogP contribution in [0, 0.1) is 0 Å². The lowest BCUT2D eigenvalue weighted by atomic mass is 9.83.